The summed E-state index contributed by atoms with van der Waals surface area (Å²) in [4.78, 5) is 11.9. The topological polar surface area (TPSA) is 79.8 Å². The quantitative estimate of drug-likeness (QED) is 0.759. The molecule has 2 aromatic rings. The van der Waals surface area contributed by atoms with Gasteiger partial charge in [-0.3, -0.25) is 0 Å². The second-order valence-corrected chi connectivity index (χ2v) is 4.94. The van der Waals surface area contributed by atoms with Crippen molar-refractivity contribution in [2.75, 3.05) is 26.1 Å². The summed E-state index contributed by atoms with van der Waals surface area (Å²) >= 11 is 0. The average molecular weight is 334 g/mol. The van der Waals surface area contributed by atoms with Crippen LogP contribution in [0.4, 0.5) is 14.9 Å². The third-order valence-electron chi connectivity index (χ3n) is 3.36. The molecule has 0 aliphatic rings. The third kappa shape index (κ3) is 4.36. The normalized spacial score (nSPS) is 11.5. The molecular weight excluding hydrogens is 315 g/mol. The molecule has 2 amide bonds. The summed E-state index contributed by atoms with van der Waals surface area (Å²) in [6, 6.07) is 10.2. The van der Waals surface area contributed by atoms with Gasteiger partial charge in [-0.1, -0.05) is 18.2 Å². The molecule has 0 bridgehead atoms. The van der Waals surface area contributed by atoms with E-state index >= 15 is 0 Å². The van der Waals surface area contributed by atoms with Gasteiger partial charge in [0, 0.05) is 23.9 Å². The molecule has 0 fully saturated rings. The fraction of sp³-hybridized carbons (Fsp3) is 0.235. The maximum absolute atomic E-state index is 13.6. The number of aliphatic hydroxyl groups excluding tert-OH is 1. The number of anilines is 1. The van der Waals surface area contributed by atoms with Crippen LogP contribution in [-0.4, -0.2) is 31.9 Å². The summed E-state index contributed by atoms with van der Waals surface area (Å²) in [5, 5.41) is 15.0. The summed E-state index contributed by atoms with van der Waals surface area (Å²) < 4.78 is 23.8. The second-order valence-electron chi connectivity index (χ2n) is 4.94. The fourth-order valence-corrected chi connectivity index (χ4v) is 2.13. The van der Waals surface area contributed by atoms with Crippen LogP contribution in [0.2, 0.25) is 0 Å². The summed E-state index contributed by atoms with van der Waals surface area (Å²) in [5.74, 6) is 0.493. The number of aliphatic hydroxyl groups is 1. The van der Waals surface area contributed by atoms with Gasteiger partial charge in [0.2, 0.25) is 0 Å². The van der Waals surface area contributed by atoms with Crippen molar-refractivity contribution < 1.29 is 23.8 Å². The van der Waals surface area contributed by atoms with Gasteiger partial charge in [-0.15, -0.1) is 0 Å². The maximum Gasteiger partial charge on any atom is 0.319 e. The first-order valence-electron chi connectivity index (χ1n) is 7.24. The van der Waals surface area contributed by atoms with Gasteiger partial charge in [0.15, 0.2) is 11.5 Å². The van der Waals surface area contributed by atoms with E-state index in [1.807, 2.05) is 0 Å². The number of methoxy groups -OCH3 is 2. The van der Waals surface area contributed by atoms with E-state index in [4.69, 9.17) is 9.47 Å². The first-order chi connectivity index (χ1) is 11.5. The fourth-order valence-electron chi connectivity index (χ4n) is 2.13. The van der Waals surface area contributed by atoms with Crippen LogP contribution >= 0.6 is 0 Å². The molecule has 1 atom stereocenters. The van der Waals surface area contributed by atoms with Gasteiger partial charge >= 0.3 is 6.03 Å². The Bertz CT molecular complexity index is 709. The van der Waals surface area contributed by atoms with E-state index in [0.717, 1.165) is 0 Å². The zero-order chi connectivity index (χ0) is 17.5. The van der Waals surface area contributed by atoms with Crippen LogP contribution in [0, 0.1) is 5.82 Å². The van der Waals surface area contributed by atoms with Gasteiger partial charge in [-0.05, 0) is 18.2 Å². The van der Waals surface area contributed by atoms with Gasteiger partial charge in [0.25, 0.3) is 0 Å². The summed E-state index contributed by atoms with van der Waals surface area (Å²) in [7, 11) is 3.01. The van der Waals surface area contributed by atoms with Crippen molar-refractivity contribution in [2.45, 2.75) is 6.10 Å². The highest BCUT2D eigenvalue weighted by Gasteiger charge is 2.13. The lowest BCUT2D eigenvalue weighted by Gasteiger charge is -2.14. The molecule has 0 saturated carbocycles. The number of hydrogen-bond acceptors (Lipinski definition) is 4. The van der Waals surface area contributed by atoms with E-state index in [-0.39, 0.29) is 12.1 Å². The summed E-state index contributed by atoms with van der Waals surface area (Å²) in [6.45, 7) is -0.125. The minimum Gasteiger partial charge on any atom is -0.493 e. The highest BCUT2D eigenvalue weighted by molar-refractivity contribution is 5.89. The van der Waals surface area contributed by atoms with Crippen LogP contribution in [-0.2, 0) is 0 Å². The molecule has 0 unspecified atom stereocenters. The Morgan fingerprint density at radius 1 is 1.17 bits per heavy atom. The van der Waals surface area contributed by atoms with Gasteiger partial charge in [0.05, 0.1) is 20.3 Å². The lowest BCUT2D eigenvalue weighted by Crippen LogP contribution is -2.32. The van der Waals surface area contributed by atoms with Gasteiger partial charge in [0.1, 0.15) is 5.82 Å². The second kappa shape index (κ2) is 8.16. The molecule has 3 N–H and O–H groups in total. The van der Waals surface area contributed by atoms with Crippen molar-refractivity contribution in [3.05, 3.63) is 53.8 Å². The summed E-state index contributed by atoms with van der Waals surface area (Å²) in [5.41, 5.74) is 0.620. The maximum atomic E-state index is 13.6. The van der Waals surface area contributed by atoms with E-state index in [0.29, 0.717) is 17.2 Å². The van der Waals surface area contributed by atoms with E-state index in [2.05, 4.69) is 10.6 Å². The number of amides is 2. The molecule has 2 rings (SSSR count). The number of urea groups is 1. The van der Waals surface area contributed by atoms with Crippen molar-refractivity contribution in [3.8, 4) is 11.5 Å². The van der Waals surface area contributed by atoms with Gasteiger partial charge < -0.3 is 25.2 Å². The largest absolute Gasteiger partial charge is 0.493 e. The lowest BCUT2D eigenvalue weighted by molar-refractivity contribution is 0.170. The Labute approximate surface area is 139 Å². The molecule has 2 aromatic carbocycles. The Kier molecular flexibility index (Phi) is 5.97. The van der Waals surface area contributed by atoms with Crippen LogP contribution in [0.15, 0.2) is 42.5 Å². The van der Waals surface area contributed by atoms with Crippen molar-refractivity contribution in [2.24, 2.45) is 0 Å². The number of carbonyl (C=O) groups excluding carboxylic acids is 1. The molecule has 0 spiro atoms. The number of nitrogens with one attached hydrogen (secondary N) is 2. The summed E-state index contributed by atoms with van der Waals surface area (Å²) in [6.07, 6.45) is -1.14. The SMILES string of the molecule is COc1ccc(NC(=O)NC[C@@H](O)c2ccccc2F)cc1OC. The molecular formula is C17H19FN2O4. The monoisotopic (exact) mass is 334 g/mol. The van der Waals surface area contributed by atoms with E-state index in [1.54, 1.807) is 24.3 Å². The smallest absolute Gasteiger partial charge is 0.319 e. The molecule has 0 aliphatic carbocycles. The number of benzene rings is 2. The van der Waals surface area contributed by atoms with E-state index < -0.39 is 18.0 Å². The molecule has 0 radical (unpaired) electrons. The highest BCUT2D eigenvalue weighted by atomic mass is 19.1. The Morgan fingerprint density at radius 2 is 1.88 bits per heavy atom. The Hall–Kier alpha value is -2.80. The molecule has 7 heteroatoms. The first-order valence-corrected chi connectivity index (χ1v) is 7.24. The lowest BCUT2D eigenvalue weighted by atomic mass is 10.1. The number of ether oxygens (including phenoxy) is 2. The van der Waals surface area contributed by atoms with Gasteiger partial charge in [-0.25, -0.2) is 9.18 Å². The number of halogens is 1. The van der Waals surface area contributed by atoms with Crippen LogP contribution in [0.5, 0.6) is 11.5 Å². The van der Waals surface area contributed by atoms with Crippen LogP contribution in [0.25, 0.3) is 0 Å². The van der Waals surface area contributed by atoms with Crippen molar-refractivity contribution in [1.29, 1.82) is 0 Å². The molecule has 0 aliphatic heterocycles. The zero-order valence-corrected chi connectivity index (χ0v) is 13.4. The molecule has 0 heterocycles. The Balaban J connectivity index is 1.93. The molecule has 6 nitrogen and oxygen atoms in total. The average Bonchev–Trinajstić information content (AvgIpc) is 2.60. The molecule has 128 valence electrons. The standard InChI is InChI=1S/C17H19FN2O4/c1-23-15-8-7-11(9-16(15)24-2)20-17(22)19-10-14(21)12-5-3-4-6-13(12)18/h3-9,14,21H,10H2,1-2H3,(H2,19,20,22)/t14-/m1/s1. The minimum absolute atomic E-state index is 0.125. The first kappa shape index (κ1) is 17.6. The number of hydrogen-bond donors (Lipinski definition) is 3. The number of rotatable bonds is 6. The van der Waals surface area contributed by atoms with Crippen molar-refractivity contribution in [1.82, 2.24) is 5.32 Å². The van der Waals surface area contributed by atoms with Crippen LogP contribution < -0.4 is 20.1 Å². The minimum atomic E-state index is -1.14. The van der Waals surface area contributed by atoms with Gasteiger partial charge in [-0.2, -0.15) is 0 Å². The number of carbonyl (C=O) groups is 1. The van der Waals surface area contributed by atoms with E-state index in [1.165, 1.54) is 32.4 Å². The highest BCUT2D eigenvalue weighted by Crippen LogP contribution is 2.29. The predicted molar refractivity (Wildman–Crippen MR) is 87.9 cm³/mol. The van der Waals surface area contributed by atoms with Crippen LogP contribution in [0.3, 0.4) is 0 Å². The third-order valence-corrected chi connectivity index (χ3v) is 3.36. The van der Waals surface area contributed by atoms with E-state index in [9.17, 15) is 14.3 Å². The molecule has 0 saturated heterocycles. The van der Waals surface area contributed by atoms with Crippen LogP contribution in [0.1, 0.15) is 11.7 Å². The zero-order valence-electron chi connectivity index (χ0n) is 13.4. The molecule has 24 heavy (non-hydrogen) atoms. The Morgan fingerprint density at radius 3 is 2.54 bits per heavy atom. The van der Waals surface area contributed by atoms with Crippen molar-refractivity contribution >= 4 is 11.7 Å². The van der Waals surface area contributed by atoms with Crippen molar-refractivity contribution in [3.63, 3.8) is 0 Å². The molecule has 0 aromatic heterocycles. The predicted octanol–water partition coefficient (Wildman–Crippen LogP) is 2.70.